The topological polar surface area (TPSA) is 49.3 Å². The molecule has 0 heterocycles. The first-order valence-corrected chi connectivity index (χ1v) is 6.90. The molecule has 0 aliphatic rings. The summed E-state index contributed by atoms with van der Waals surface area (Å²) >= 11 is 0. The summed E-state index contributed by atoms with van der Waals surface area (Å²) in [6, 6.07) is 15.5. The average molecular weight is 287 g/mol. The molecule has 21 heavy (non-hydrogen) atoms. The van der Waals surface area contributed by atoms with Crippen LogP contribution >= 0.6 is 0 Å². The van der Waals surface area contributed by atoms with Gasteiger partial charge in [-0.2, -0.15) is 0 Å². The van der Waals surface area contributed by atoms with Crippen molar-refractivity contribution < 1.29 is 14.3 Å². The first-order chi connectivity index (χ1) is 10.2. The van der Waals surface area contributed by atoms with Crippen molar-refractivity contribution in [1.82, 2.24) is 5.32 Å². The molecule has 1 atom stereocenters. The number of halogens is 1. The van der Waals surface area contributed by atoms with Crippen molar-refractivity contribution in [2.75, 3.05) is 6.54 Å². The number of benzene rings is 2. The fourth-order valence-corrected chi connectivity index (χ4v) is 2.04. The summed E-state index contributed by atoms with van der Waals surface area (Å²) in [5, 5.41) is 12.6. The van der Waals surface area contributed by atoms with Crippen molar-refractivity contribution in [2.45, 2.75) is 18.9 Å². The smallest absolute Gasteiger partial charge is 0.220 e. The molecule has 1 unspecified atom stereocenters. The summed E-state index contributed by atoms with van der Waals surface area (Å²) in [5.74, 6) is -0.497. The van der Waals surface area contributed by atoms with Crippen LogP contribution in [0.15, 0.2) is 54.6 Å². The number of hydrogen-bond donors (Lipinski definition) is 2. The van der Waals surface area contributed by atoms with Gasteiger partial charge in [-0.25, -0.2) is 4.39 Å². The molecule has 2 N–H and O–H groups in total. The highest BCUT2D eigenvalue weighted by Crippen LogP contribution is 2.11. The quantitative estimate of drug-likeness (QED) is 0.858. The van der Waals surface area contributed by atoms with E-state index in [4.69, 9.17) is 0 Å². The summed E-state index contributed by atoms with van der Waals surface area (Å²) in [5.41, 5.74) is 1.28. The summed E-state index contributed by atoms with van der Waals surface area (Å²) < 4.78 is 13.4. The minimum atomic E-state index is -0.733. The zero-order valence-electron chi connectivity index (χ0n) is 11.6. The number of carbonyl (C=O) groups is 1. The second-order valence-electron chi connectivity index (χ2n) is 4.82. The first-order valence-electron chi connectivity index (χ1n) is 6.90. The van der Waals surface area contributed by atoms with Gasteiger partial charge in [0.1, 0.15) is 5.82 Å². The highest BCUT2D eigenvalue weighted by Gasteiger charge is 2.10. The maximum atomic E-state index is 13.4. The van der Waals surface area contributed by atoms with E-state index < -0.39 is 6.10 Å². The van der Waals surface area contributed by atoms with E-state index in [-0.39, 0.29) is 24.7 Å². The molecule has 4 heteroatoms. The maximum Gasteiger partial charge on any atom is 0.220 e. The van der Waals surface area contributed by atoms with Crippen molar-refractivity contribution in [3.8, 4) is 0 Å². The third-order valence-electron chi connectivity index (χ3n) is 3.26. The molecule has 0 radical (unpaired) electrons. The molecule has 0 fully saturated rings. The minimum absolute atomic E-state index is 0.153. The summed E-state index contributed by atoms with van der Waals surface area (Å²) in [7, 11) is 0. The molecule has 0 aromatic heterocycles. The Morgan fingerprint density at radius 2 is 1.76 bits per heavy atom. The normalized spacial score (nSPS) is 11.9. The summed E-state index contributed by atoms with van der Waals surface area (Å²) in [4.78, 5) is 11.7. The van der Waals surface area contributed by atoms with Crippen molar-refractivity contribution in [2.24, 2.45) is 0 Å². The van der Waals surface area contributed by atoms with Gasteiger partial charge < -0.3 is 10.4 Å². The SMILES string of the molecule is O=C(CCc1ccccc1F)NCC(O)c1ccccc1. The molecule has 0 aliphatic carbocycles. The largest absolute Gasteiger partial charge is 0.387 e. The molecule has 0 bridgehead atoms. The number of aliphatic hydroxyl groups is 1. The van der Waals surface area contributed by atoms with Gasteiger partial charge in [-0.15, -0.1) is 0 Å². The second kappa shape index (κ2) is 7.55. The number of amides is 1. The number of nitrogens with one attached hydrogen (secondary N) is 1. The van der Waals surface area contributed by atoms with Crippen LogP contribution in [0, 0.1) is 5.82 Å². The van der Waals surface area contributed by atoms with Crippen LogP contribution in [0.5, 0.6) is 0 Å². The lowest BCUT2D eigenvalue weighted by Crippen LogP contribution is -2.28. The average Bonchev–Trinajstić information content (AvgIpc) is 2.52. The van der Waals surface area contributed by atoms with Crippen LogP contribution < -0.4 is 5.32 Å². The molecule has 2 aromatic carbocycles. The zero-order valence-corrected chi connectivity index (χ0v) is 11.6. The van der Waals surface area contributed by atoms with Crippen LogP contribution in [0.25, 0.3) is 0 Å². The van der Waals surface area contributed by atoms with Gasteiger partial charge in [0.15, 0.2) is 0 Å². The Hall–Kier alpha value is -2.20. The second-order valence-corrected chi connectivity index (χ2v) is 4.82. The minimum Gasteiger partial charge on any atom is -0.387 e. The van der Waals surface area contributed by atoms with Crippen molar-refractivity contribution >= 4 is 5.91 Å². The number of aryl methyl sites for hydroxylation is 1. The van der Waals surface area contributed by atoms with E-state index in [9.17, 15) is 14.3 Å². The number of rotatable bonds is 6. The molecule has 0 saturated carbocycles. The van der Waals surface area contributed by atoms with Crippen LogP contribution in [-0.2, 0) is 11.2 Å². The molecule has 2 rings (SSSR count). The molecular weight excluding hydrogens is 269 g/mol. The number of carbonyl (C=O) groups excluding carboxylic acids is 1. The molecular formula is C17H18FNO2. The van der Waals surface area contributed by atoms with E-state index in [2.05, 4.69) is 5.32 Å². The third kappa shape index (κ3) is 4.68. The van der Waals surface area contributed by atoms with Crippen LogP contribution in [0.4, 0.5) is 4.39 Å². The number of aliphatic hydroxyl groups excluding tert-OH is 1. The Bertz CT molecular complexity index is 586. The van der Waals surface area contributed by atoms with Gasteiger partial charge in [-0.1, -0.05) is 48.5 Å². The lowest BCUT2D eigenvalue weighted by atomic mass is 10.1. The van der Waals surface area contributed by atoms with Gasteiger partial charge in [-0.3, -0.25) is 4.79 Å². The van der Waals surface area contributed by atoms with Crippen LogP contribution in [-0.4, -0.2) is 17.6 Å². The molecule has 3 nitrogen and oxygen atoms in total. The monoisotopic (exact) mass is 287 g/mol. The first kappa shape index (κ1) is 15.2. The summed E-state index contributed by atoms with van der Waals surface area (Å²) in [6.45, 7) is 0.153. The lowest BCUT2D eigenvalue weighted by molar-refractivity contribution is -0.121. The molecule has 0 saturated heterocycles. The predicted molar refractivity (Wildman–Crippen MR) is 79.1 cm³/mol. The highest BCUT2D eigenvalue weighted by atomic mass is 19.1. The third-order valence-corrected chi connectivity index (χ3v) is 3.26. The fraction of sp³-hybridized carbons (Fsp3) is 0.235. The van der Waals surface area contributed by atoms with Gasteiger partial charge in [0.25, 0.3) is 0 Å². The van der Waals surface area contributed by atoms with Gasteiger partial charge in [0.05, 0.1) is 6.10 Å². The van der Waals surface area contributed by atoms with E-state index in [1.807, 2.05) is 18.2 Å². The van der Waals surface area contributed by atoms with Gasteiger partial charge in [0, 0.05) is 13.0 Å². The van der Waals surface area contributed by atoms with Crippen LogP contribution in [0.1, 0.15) is 23.7 Å². The van der Waals surface area contributed by atoms with Crippen LogP contribution in [0.3, 0.4) is 0 Å². The standard InChI is InChI=1S/C17H18FNO2/c18-15-9-5-4-6-13(15)10-11-17(21)19-12-16(20)14-7-2-1-3-8-14/h1-9,16,20H,10-12H2,(H,19,21). The Balaban J connectivity index is 1.76. The van der Waals surface area contributed by atoms with E-state index in [1.54, 1.807) is 30.3 Å². The molecule has 0 spiro atoms. The zero-order chi connectivity index (χ0) is 15.1. The number of hydrogen-bond acceptors (Lipinski definition) is 2. The van der Waals surface area contributed by atoms with Crippen LogP contribution in [0.2, 0.25) is 0 Å². The maximum absolute atomic E-state index is 13.4. The fourth-order valence-electron chi connectivity index (χ4n) is 2.04. The van der Waals surface area contributed by atoms with Gasteiger partial charge >= 0.3 is 0 Å². The molecule has 2 aromatic rings. The van der Waals surface area contributed by atoms with E-state index in [0.29, 0.717) is 12.0 Å². The Morgan fingerprint density at radius 3 is 2.48 bits per heavy atom. The Kier molecular flexibility index (Phi) is 5.46. The Labute approximate surface area is 123 Å². The Morgan fingerprint density at radius 1 is 1.10 bits per heavy atom. The van der Waals surface area contributed by atoms with E-state index >= 15 is 0 Å². The van der Waals surface area contributed by atoms with E-state index in [1.165, 1.54) is 6.07 Å². The van der Waals surface area contributed by atoms with Crippen molar-refractivity contribution in [3.05, 3.63) is 71.5 Å². The van der Waals surface area contributed by atoms with Gasteiger partial charge in [-0.05, 0) is 23.6 Å². The molecule has 0 aliphatic heterocycles. The van der Waals surface area contributed by atoms with Gasteiger partial charge in [0.2, 0.25) is 5.91 Å². The van der Waals surface area contributed by atoms with E-state index in [0.717, 1.165) is 5.56 Å². The van der Waals surface area contributed by atoms with Crippen molar-refractivity contribution in [1.29, 1.82) is 0 Å². The summed E-state index contributed by atoms with van der Waals surface area (Å²) in [6.07, 6.45) is -0.189. The lowest BCUT2D eigenvalue weighted by Gasteiger charge is -2.12. The highest BCUT2D eigenvalue weighted by molar-refractivity contribution is 5.76. The predicted octanol–water partition coefficient (Wildman–Crippen LogP) is 2.61. The molecule has 110 valence electrons. The van der Waals surface area contributed by atoms with Crippen molar-refractivity contribution in [3.63, 3.8) is 0 Å². The molecule has 1 amide bonds.